The number of ether oxygens (including phenoxy) is 2. The first-order chi connectivity index (χ1) is 18.6. The van der Waals surface area contributed by atoms with Gasteiger partial charge in [0.15, 0.2) is 0 Å². The van der Waals surface area contributed by atoms with E-state index in [1.54, 1.807) is 12.1 Å². The average Bonchev–Trinajstić information content (AvgIpc) is 3.23. The highest BCUT2D eigenvalue weighted by Crippen LogP contribution is 2.34. The van der Waals surface area contributed by atoms with Crippen LogP contribution in [0.4, 0.5) is 0 Å². The van der Waals surface area contributed by atoms with Gasteiger partial charge in [-0.25, -0.2) is 0 Å². The Morgan fingerprint density at radius 1 is 1.15 bits per heavy atom. The number of carbonyl (C=O) groups is 4. The maximum atomic E-state index is 13.1. The lowest BCUT2D eigenvalue weighted by Gasteiger charge is -2.29. The minimum Gasteiger partial charge on any atom is -0.489 e. The molecule has 0 bridgehead atoms. The summed E-state index contributed by atoms with van der Waals surface area (Å²) in [5.41, 5.74) is 0.503. The molecule has 4 amide bonds. The number of imide groups is 1. The minimum atomic E-state index is -1.61. The summed E-state index contributed by atoms with van der Waals surface area (Å²) in [6, 6.07) is 3.88. The van der Waals surface area contributed by atoms with Gasteiger partial charge in [0, 0.05) is 30.6 Å². The summed E-state index contributed by atoms with van der Waals surface area (Å²) >= 11 is 0. The number of fused-ring (bicyclic) bond motifs is 1. The first-order valence-electron chi connectivity index (χ1n) is 13.5. The van der Waals surface area contributed by atoms with Crippen LogP contribution in [-0.2, 0) is 38.8 Å². The van der Waals surface area contributed by atoms with E-state index in [0.717, 1.165) is 0 Å². The monoisotopic (exact) mass is 468 g/mol. The van der Waals surface area contributed by atoms with Crippen molar-refractivity contribution in [3.63, 3.8) is 0 Å². The molecule has 3 aliphatic heterocycles. The topological polar surface area (TPSA) is 105 Å². The summed E-state index contributed by atoms with van der Waals surface area (Å²) in [4.78, 5) is 51.6. The molecule has 176 valence electrons. The van der Waals surface area contributed by atoms with Gasteiger partial charge < -0.3 is 19.3 Å². The number of rotatable bonds is 6. The number of hydrogen-bond acceptors (Lipinski definition) is 6. The second-order valence-electron chi connectivity index (χ2n) is 8.09. The Morgan fingerprint density at radius 2 is 2.00 bits per heavy atom. The fraction of sp³-hybridized carbons (Fsp3) is 0.360. The second kappa shape index (κ2) is 9.26. The fourth-order valence-electron chi connectivity index (χ4n) is 4.12. The summed E-state index contributed by atoms with van der Waals surface area (Å²) in [6.07, 6.45) is 0.301. The smallest absolute Gasteiger partial charge is 0.255 e. The number of nitrogens with one attached hydrogen (secondary N) is 1. The van der Waals surface area contributed by atoms with Crippen molar-refractivity contribution in [2.75, 3.05) is 19.8 Å². The van der Waals surface area contributed by atoms with Crippen molar-refractivity contribution >= 4 is 23.6 Å². The van der Waals surface area contributed by atoms with Crippen molar-refractivity contribution in [2.24, 2.45) is 0 Å². The van der Waals surface area contributed by atoms with Gasteiger partial charge in [-0.2, -0.15) is 0 Å². The van der Waals surface area contributed by atoms with Gasteiger partial charge in [0.1, 0.15) is 25.0 Å². The Labute approximate surface area is 203 Å². The Hall–Kier alpha value is -3.72. The molecule has 2 fully saturated rings. The molecule has 1 N–H and O–H groups in total. The van der Waals surface area contributed by atoms with Crippen molar-refractivity contribution in [1.82, 2.24) is 15.1 Å². The van der Waals surface area contributed by atoms with E-state index in [1.165, 1.54) is 21.9 Å². The van der Waals surface area contributed by atoms with Crippen molar-refractivity contribution in [2.45, 2.75) is 38.5 Å². The van der Waals surface area contributed by atoms with Gasteiger partial charge in [-0.3, -0.25) is 24.5 Å². The highest BCUT2D eigenvalue weighted by molar-refractivity contribution is 6.05. The fourth-order valence-corrected chi connectivity index (χ4v) is 4.12. The molecule has 2 aromatic carbocycles. The van der Waals surface area contributed by atoms with Gasteiger partial charge in [-0.15, -0.1) is 0 Å². The predicted octanol–water partition coefficient (Wildman–Crippen LogP) is 1.39. The number of benzene rings is 2. The lowest BCUT2D eigenvalue weighted by Crippen LogP contribution is -2.52. The number of piperidine rings is 1. The molecular formula is C25H25N3O6. The van der Waals surface area contributed by atoms with Crippen molar-refractivity contribution in [3.05, 3.63) is 64.6 Å². The summed E-state index contributed by atoms with van der Waals surface area (Å²) in [6.45, 7) is -2.70. The molecule has 9 heteroatoms. The summed E-state index contributed by atoms with van der Waals surface area (Å²) < 4.78 is 53.3. The standard InChI is InChI=1S/C25H25N3O6/c29-22-9-8-20(24(31)26-22)28-13-19-18(25(28)32)2-1-3-21(19)34-14-17-6-4-16(5-7-17)12-27-10-11-33-15-23(27)30/h1-7,20H,8-15H2,(H,26,29,31)/i4D,6D,7D,12D,14D. The van der Waals surface area contributed by atoms with Crippen LogP contribution in [0.5, 0.6) is 5.75 Å². The maximum Gasteiger partial charge on any atom is 0.255 e. The molecule has 0 radical (unpaired) electrons. The largest absolute Gasteiger partial charge is 0.489 e. The summed E-state index contributed by atoms with van der Waals surface area (Å²) in [5, 5.41) is 2.24. The number of amides is 4. The number of carbonyl (C=O) groups excluding carboxylic acids is 4. The molecule has 3 atom stereocenters. The highest BCUT2D eigenvalue weighted by Gasteiger charge is 2.40. The third-order valence-electron chi connectivity index (χ3n) is 5.88. The molecule has 0 spiro atoms. The number of morpholine rings is 1. The van der Waals surface area contributed by atoms with Crippen LogP contribution in [0.2, 0.25) is 0 Å². The van der Waals surface area contributed by atoms with Gasteiger partial charge in [0.2, 0.25) is 17.7 Å². The first kappa shape index (κ1) is 16.8. The third kappa shape index (κ3) is 4.38. The Kier molecular flexibility index (Phi) is 4.58. The molecule has 34 heavy (non-hydrogen) atoms. The van der Waals surface area contributed by atoms with E-state index in [4.69, 9.17) is 16.3 Å². The lowest BCUT2D eigenvalue weighted by molar-refractivity contribution is -0.143. The first-order valence-corrected chi connectivity index (χ1v) is 10.8. The van der Waals surface area contributed by atoms with E-state index in [-0.39, 0.29) is 67.6 Å². The average molecular weight is 469 g/mol. The molecule has 3 unspecified atom stereocenters. The second-order valence-corrected chi connectivity index (χ2v) is 8.09. The van der Waals surface area contributed by atoms with Crippen LogP contribution in [0.1, 0.15) is 46.7 Å². The molecule has 3 heterocycles. The summed E-state index contributed by atoms with van der Waals surface area (Å²) in [5.74, 6) is -1.64. The van der Waals surface area contributed by atoms with E-state index < -0.39 is 54.9 Å². The van der Waals surface area contributed by atoms with Crippen molar-refractivity contribution in [1.29, 1.82) is 0 Å². The van der Waals surface area contributed by atoms with Crippen molar-refractivity contribution in [3.8, 4) is 5.75 Å². The normalized spacial score (nSPS) is 24.4. The molecule has 9 nitrogen and oxygen atoms in total. The zero-order valence-electron chi connectivity index (χ0n) is 23.1. The van der Waals surface area contributed by atoms with Crippen LogP contribution in [0.25, 0.3) is 0 Å². The maximum absolute atomic E-state index is 13.1. The molecule has 3 aliphatic rings. The highest BCUT2D eigenvalue weighted by atomic mass is 16.5. The molecular weight excluding hydrogens is 438 g/mol. The van der Waals surface area contributed by atoms with Gasteiger partial charge in [-0.1, -0.05) is 30.3 Å². The van der Waals surface area contributed by atoms with Crippen LogP contribution in [-0.4, -0.2) is 59.2 Å². The van der Waals surface area contributed by atoms with E-state index in [0.29, 0.717) is 5.56 Å². The van der Waals surface area contributed by atoms with Crippen LogP contribution in [0.15, 0.2) is 42.4 Å². The molecule has 0 saturated carbocycles. The Bertz CT molecular complexity index is 1390. The SMILES string of the molecule is [2H]c1cc(C([2H])N2CCOCC2=O)c([2H])c([2H])c1C([2H])Oc1cccc2c1CN(C1CCC(=O)NC1=O)C2=O. The van der Waals surface area contributed by atoms with Gasteiger partial charge in [0.25, 0.3) is 5.91 Å². The molecule has 5 rings (SSSR count). The van der Waals surface area contributed by atoms with E-state index >= 15 is 0 Å². The van der Waals surface area contributed by atoms with Crippen LogP contribution in [0, 0.1) is 0 Å². The third-order valence-corrected chi connectivity index (χ3v) is 5.88. The van der Waals surface area contributed by atoms with E-state index in [9.17, 15) is 19.2 Å². The van der Waals surface area contributed by atoms with Crippen LogP contribution < -0.4 is 10.1 Å². The lowest BCUT2D eigenvalue weighted by atomic mass is 10.0. The summed E-state index contributed by atoms with van der Waals surface area (Å²) in [7, 11) is 0. The molecule has 2 saturated heterocycles. The number of hydrogen-bond donors (Lipinski definition) is 1. The zero-order valence-corrected chi connectivity index (χ0v) is 18.1. The van der Waals surface area contributed by atoms with E-state index in [1.807, 2.05) is 0 Å². The van der Waals surface area contributed by atoms with E-state index in [2.05, 4.69) is 5.32 Å². The predicted molar refractivity (Wildman–Crippen MR) is 119 cm³/mol. The zero-order chi connectivity index (χ0) is 28.0. The number of nitrogens with zero attached hydrogens (tertiary/aromatic N) is 2. The van der Waals surface area contributed by atoms with Gasteiger partial charge >= 0.3 is 0 Å². The Balaban J connectivity index is 1.39. The van der Waals surface area contributed by atoms with Gasteiger partial charge in [-0.05, 0) is 29.7 Å². The quantitative estimate of drug-likeness (QED) is 0.643. The minimum absolute atomic E-state index is 0.0118. The molecule has 0 aromatic heterocycles. The Morgan fingerprint density at radius 3 is 2.82 bits per heavy atom. The molecule has 0 aliphatic carbocycles. The van der Waals surface area contributed by atoms with Gasteiger partial charge in [0.05, 0.1) is 20.0 Å². The van der Waals surface area contributed by atoms with Crippen molar-refractivity contribution < 1.29 is 35.5 Å². The molecule has 2 aromatic rings. The van der Waals surface area contributed by atoms with Crippen LogP contribution >= 0.6 is 0 Å². The van der Waals surface area contributed by atoms with Crippen LogP contribution in [0.3, 0.4) is 0 Å².